The van der Waals surface area contributed by atoms with Crippen LogP contribution in [0.3, 0.4) is 0 Å². The summed E-state index contributed by atoms with van der Waals surface area (Å²) in [5, 5.41) is 0. The quantitative estimate of drug-likeness (QED) is 0.440. The third kappa shape index (κ3) is 14.3. The van der Waals surface area contributed by atoms with Crippen LogP contribution < -0.4 is 5.73 Å². The van der Waals surface area contributed by atoms with Crippen LogP contribution in [0.15, 0.2) is 0 Å². The van der Waals surface area contributed by atoms with E-state index in [1.807, 2.05) is 0 Å². The zero-order chi connectivity index (χ0) is 19.0. The van der Waals surface area contributed by atoms with Crippen molar-refractivity contribution in [2.75, 3.05) is 6.54 Å². The molecule has 0 aromatic carbocycles. The average molecular weight is 340 g/mol. The highest BCUT2D eigenvalue weighted by Gasteiger charge is 2.26. The van der Waals surface area contributed by atoms with Crippen molar-refractivity contribution >= 4 is 0 Å². The molecule has 1 unspecified atom stereocenters. The Morgan fingerprint density at radius 3 is 1.08 bits per heavy atom. The monoisotopic (exact) mass is 339 g/mol. The Hall–Kier alpha value is -0.0400. The van der Waals surface area contributed by atoms with Gasteiger partial charge in [0.1, 0.15) is 0 Å². The summed E-state index contributed by atoms with van der Waals surface area (Å²) in [5.74, 6) is 1.73. The van der Waals surface area contributed by atoms with Gasteiger partial charge in [0, 0.05) is 0 Å². The number of hydrogen-bond acceptors (Lipinski definition) is 1. The molecule has 0 bridgehead atoms. The maximum Gasteiger partial charge on any atom is -0.00772 e. The molecule has 1 heteroatoms. The standard InChI is InChI=1S/C23H49N/c1-21(2,3)15-12-19(11-10-18-24)20(13-16-22(4,5)6)14-17-23(7,8)9/h19-20H,10-18,24H2,1-9H3. The fraction of sp³-hybridized carbons (Fsp3) is 1.00. The van der Waals surface area contributed by atoms with Gasteiger partial charge in [-0.2, -0.15) is 0 Å². The topological polar surface area (TPSA) is 26.0 Å². The van der Waals surface area contributed by atoms with Crippen molar-refractivity contribution in [3.63, 3.8) is 0 Å². The lowest BCUT2D eigenvalue weighted by Gasteiger charge is -2.33. The van der Waals surface area contributed by atoms with Crippen molar-refractivity contribution in [1.82, 2.24) is 0 Å². The van der Waals surface area contributed by atoms with Crippen LogP contribution in [0.1, 0.15) is 114 Å². The normalized spacial score (nSPS) is 15.1. The molecule has 0 saturated heterocycles. The highest BCUT2D eigenvalue weighted by atomic mass is 14.5. The van der Waals surface area contributed by atoms with Crippen LogP contribution in [0.2, 0.25) is 0 Å². The molecule has 0 aromatic heterocycles. The Morgan fingerprint density at radius 1 is 0.542 bits per heavy atom. The molecule has 0 rings (SSSR count). The second-order valence-electron chi connectivity index (χ2n) is 11.7. The van der Waals surface area contributed by atoms with E-state index in [-0.39, 0.29) is 0 Å². The van der Waals surface area contributed by atoms with E-state index in [0.29, 0.717) is 16.2 Å². The third-order valence-electron chi connectivity index (χ3n) is 5.24. The van der Waals surface area contributed by atoms with Gasteiger partial charge in [-0.25, -0.2) is 0 Å². The minimum absolute atomic E-state index is 0.444. The zero-order valence-electron chi connectivity index (χ0n) is 18.6. The van der Waals surface area contributed by atoms with Crippen LogP contribution in [0.25, 0.3) is 0 Å². The van der Waals surface area contributed by atoms with Crippen molar-refractivity contribution in [2.24, 2.45) is 33.8 Å². The van der Waals surface area contributed by atoms with E-state index in [2.05, 4.69) is 62.3 Å². The molecule has 0 spiro atoms. The summed E-state index contributed by atoms with van der Waals surface area (Å²) in [4.78, 5) is 0. The van der Waals surface area contributed by atoms with Crippen molar-refractivity contribution in [3.05, 3.63) is 0 Å². The van der Waals surface area contributed by atoms with Crippen LogP contribution in [0.5, 0.6) is 0 Å². The molecule has 24 heavy (non-hydrogen) atoms. The predicted molar refractivity (Wildman–Crippen MR) is 111 cm³/mol. The largest absolute Gasteiger partial charge is 0.330 e. The first-order valence-corrected chi connectivity index (χ1v) is 10.4. The summed E-state index contributed by atoms with van der Waals surface area (Å²) in [7, 11) is 0. The molecule has 0 heterocycles. The Bertz CT molecular complexity index is 292. The number of rotatable bonds is 10. The lowest BCUT2D eigenvalue weighted by atomic mass is 9.72. The molecule has 0 aliphatic heterocycles. The van der Waals surface area contributed by atoms with Gasteiger partial charge in [-0.05, 0) is 86.0 Å². The van der Waals surface area contributed by atoms with E-state index < -0.39 is 0 Å². The van der Waals surface area contributed by atoms with Crippen molar-refractivity contribution in [1.29, 1.82) is 0 Å². The van der Waals surface area contributed by atoms with E-state index in [1.54, 1.807) is 0 Å². The summed E-state index contributed by atoms with van der Waals surface area (Å²) >= 11 is 0. The molecule has 0 radical (unpaired) electrons. The molecule has 2 N–H and O–H groups in total. The molecule has 0 amide bonds. The van der Waals surface area contributed by atoms with Gasteiger partial charge in [0.05, 0.1) is 0 Å². The Balaban J connectivity index is 4.98. The van der Waals surface area contributed by atoms with Gasteiger partial charge in [-0.1, -0.05) is 62.3 Å². The Morgan fingerprint density at radius 2 is 0.833 bits per heavy atom. The van der Waals surface area contributed by atoms with E-state index in [9.17, 15) is 0 Å². The summed E-state index contributed by atoms with van der Waals surface area (Å²) in [6.07, 6.45) is 10.7. The fourth-order valence-electron chi connectivity index (χ4n) is 3.47. The zero-order valence-corrected chi connectivity index (χ0v) is 18.6. The van der Waals surface area contributed by atoms with Crippen LogP contribution in [-0.4, -0.2) is 6.54 Å². The minimum Gasteiger partial charge on any atom is -0.330 e. The average Bonchev–Trinajstić information content (AvgIpc) is 2.36. The smallest absolute Gasteiger partial charge is 0.00772 e. The lowest BCUT2D eigenvalue weighted by molar-refractivity contribution is 0.181. The molecular formula is C23H49N. The van der Waals surface area contributed by atoms with Crippen molar-refractivity contribution < 1.29 is 0 Å². The highest BCUT2D eigenvalue weighted by molar-refractivity contribution is 4.78. The van der Waals surface area contributed by atoms with Gasteiger partial charge in [0.15, 0.2) is 0 Å². The summed E-state index contributed by atoms with van der Waals surface area (Å²) in [5.41, 5.74) is 7.18. The van der Waals surface area contributed by atoms with Crippen LogP contribution in [0, 0.1) is 28.1 Å². The molecule has 0 fully saturated rings. The minimum atomic E-state index is 0.444. The molecule has 146 valence electrons. The first kappa shape index (κ1) is 24.0. The van der Waals surface area contributed by atoms with Crippen LogP contribution in [0.4, 0.5) is 0 Å². The van der Waals surface area contributed by atoms with Gasteiger partial charge in [0.2, 0.25) is 0 Å². The third-order valence-corrected chi connectivity index (χ3v) is 5.24. The highest BCUT2D eigenvalue weighted by Crippen LogP contribution is 2.38. The van der Waals surface area contributed by atoms with Crippen molar-refractivity contribution in [3.8, 4) is 0 Å². The van der Waals surface area contributed by atoms with E-state index >= 15 is 0 Å². The first-order chi connectivity index (χ1) is 10.7. The SMILES string of the molecule is CC(C)(C)CCC(CCCN)C(CCC(C)(C)C)CCC(C)(C)C. The molecule has 0 aliphatic carbocycles. The predicted octanol–water partition coefficient (Wildman–Crippen LogP) is 7.44. The number of hydrogen-bond donors (Lipinski definition) is 1. The molecule has 1 nitrogen and oxygen atoms in total. The summed E-state index contributed by atoms with van der Waals surface area (Å²) < 4.78 is 0. The summed E-state index contributed by atoms with van der Waals surface area (Å²) in [6.45, 7) is 22.3. The Labute approximate surface area is 154 Å². The second kappa shape index (κ2) is 10.2. The maximum absolute atomic E-state index is 5.85. The van der Waals surface area contributed by atoms with Crippen LogP contribution in [-0.2, 0) is 0 Å². The molecule has 0 aliphatic rings. The molecule has 0 saturated carbocycles. The fourth-order valence-corrected chi connectivity index (χ4v) is 3.47. The van der Waals surface area contributed by atoms with Crippen LogP contribution >= 0.6 is 0 Å². The molecule has 1 atom stereocenters. The van der Waals surface area contributed by atoms with Gasteiger partial charge in [0.25, 0.3) is 0 Å². The van der Waals surface area contributed by atoms with E-state index in [1.165, 1.54) is 51.4 Å². The van der Waals surface area contributed by atoms with Gasteiger partial charge in [-0.3, -0.25) is 0 Å². The van der Waals surface area contributed by atoms with Crippen molar-refractivity contribution in [2.45, 2.75) is 114 Å². The lowest BCUT2D eigenvalue weighted by Crippen LogP contribution is -2.22. The molecule has 0 aromatic rings. The van der Waals surface area contributed by atoms with E-state index in [0.717, 1.165) is 18.4 Å². The number of nitrogens with two attached hydrogens (primary N) is 1. The molecular weight excluding hydrogens is 290 g/mol. The van der Waals surface area contributed by atoms with E-state index in [4.69, 9.17) is 5.73 Å². The Kier molecular flexibility index (Phi) is 10.2. The second-order valence-corrected chi connectivity index (χ2v) is 11.7. The van der Waals surface area contributed by atoms with Gasteiger partial charge < -0.3 is 5.73 Å². The van der Waals surface area contributed by atoms with Gasteiger partial charge in [-0.15, -0.1) is 0 Å². The summed E-state index contributed by atoms with van der Waals surface area (Å²) in [6, 6.07) is 0. The van der Waals surface area contributed by atoms with Gasteiger partial charge >= 0.3 is 0 Å². The maximum atomic E-state index is 5.85. The first-order valence-electron chi connectivity index (χ1n) is 10.4.